The van der Waals surface area contributed by atoms with E-state index in [-0.39, 0.29) is 37.9 Å². The Labute approximate surface area is 436 Å². The summed E-state index contributed by atoms with van der Waals surface area (Å²) < 4.78 is 59.0. The topological polar surface area (TPSA) is 323 Å². The molecule has 0 saturated carbocycles. The highest BCUT2D eigenvalue weighted by molar-refractivity contribution is 7.61. The molecule has 74 heavy (non-hydrogen) atoms. The molecule has 11 atom stereocenters. The second-order valence-corrected chi connectivity index (χ2v) is 23.0. The average Bonchev–Trinajstić information content (AvgIpc) is 3.32. The molecule has 0 aromatic carbocycles. The standard InChI is InChI=1S/C51H87N3O18P2/c1-4-5-19-25-38(55)29-30-40-42(56)33-43(57)41-26-21-17-18-22-27-46(58)67-34-39(70-47(59)28-23-16-14-12-10-8-6-7-9-11-13-15-20-24-37(2)3)35-68-73(63,64)72-74(65,66)69-36-44(49(61)48(40)60)71-50(41)54-32-31-45(52)53-51(54)62/h17,21,29-32,37-41,43-44,48-50,55,57,60-61H,4-16,18-20,22-28,33-36H2,1-3H3,(H,63,64)(H,65,66)(H2,52,53,62)/b21-17-,30-29?/t38-,39+,40-,41-,43-,44+,48-,49+,50+/m0/s1. The van der Waals surface area contributed by atoms with Gasteiger partial charge in [0, 0.05) is 31.4 Å². The van der Waals surface area contributed by atoms with Crippen LogP contribution in [0, 0.1) is 17.8 Å². The van der Waals surface area contributed by atoms with E-state index in [1.165, 1.54) is 69.6 Å². The maximum atomic E-state index is 14.0. The summed E-state index contributed by atoms with van der Waals surface area (Å²) in [6.45, 7) is 3.75. The quantitative estimate of drug-likeness (QED) is 0.0224. The number of nitrogen functional groups attached to an aromatic ring is 1. The summed E-state index contributed by atoms with van der Waals surface area (Å²) in [7, 11) is -11.3. The van der Waals surface area contributed by atoms with Gasteiger partial charge in [-0.3, -0.25) is 28.0 Å². The zero-order valence-corrected chi connectivity index (χ0v) is 45.6. The molecule has 23 heteroatoms. The molecule has 3 heterocycles. The number of carbonyl (C=O) groups is 3. The van der Waals surface area contributed by atoms with Gasteiger partial charge in [0.25, 0.3) is 0 Å². The molecule has 2 aliphatic rings. The van der Waals surface area contributed by atoms with Gasteiger partial charge in [0.15, 0.2) is 6.10 Å². The van der Waals surface area contributed by atoms with Crippen molar-refractivity contribution in [2.45, 2.75) is 218 Å². The van der Waals surface area contributed by atoms with Crippen LogP contribution in [0.3, 0.4) is 0 Å². The molecule has 2 aliphatic heterocycles. The van der Waals surface area contributed by atoms with E-state index >= 15 is 0 Å². The van der Waals surface area contributed by atoms with Gasteiger partial charge in [-0.2, -0.15) is 9.29 Å². The zero-order chi connectivity index (χ0) is 54.5. The molecule has 8 N–H and O–H groups in total. The van der Waals surface area contributed by atoms with Crippen LogP contribution in [-0.2, 0) is 51.1 Å². The van der Waals surface area contributed by atoms with Crippen LogP contribution in [0.15, 0.2) is 41.4 Å². The number of cyclic esters (lactones) is 1. The minimum atomic E-state index is -5.72. The van der Waals surface area contributed by atoms with Crippen LogP contribution in [0.2, 0.25) is 0 Å². The number of ketones is 1. The van der Waals surface area contributed by atoms with Crippen LogP contribution in [0.4, 0.5) is 5.82 Å². The monoisotopic (exact) mass is 1090 g/mol. The highest BCUT2D eigenvalue weighted by Gasteiger charge is 2.45. The number of phosphoric ester groups is 2. The number of phosphoric acid groups is 2. The van der Waals surface area contributed by atoms with Crippen molar-refractivity contribution in [3.63, 3.8) is 0 Å². The van der Waals surface area contributed by atoms with Crippen LogP contribution >= 0.6 is 15.6 Å². The molecule has 21 nitrogen and oxygen atoms in total. The molecular weight excluding hydrogens is 1000 g/mol. The minimum Gasteiger partial charge on any atom is -0.462 e. The molecule has 1 fully saturated rings. The van der Waals surface area contributed by atoms with Crippen molar-refractivity contribution in [2.75, 3.05) is 25.6 Å². The number of fused-ring (bicyclic) bond motifs is 3. The van der Waals surface area contributed by atoms with Gasteiger partial charge in [-0.15, -0.1) is 0 Å². The molecule has 1 aromatic rings. The first-order valence-electron chi connectivity index (χ1n) is 26.8. The maximum Gasteiger partial charge on any atom is 0.481 e. The number of carbonyl (C=O) groups excluding carboxylic acids is 3. The number of hydrogen-bond donors (Lipinski definition) is 7. The Bertz CT molecular complexity index is 2020. The summed E-state index contributed by atoms with van der Waals surface area (Å²) in [5.74, 6) is -4.45. The van der Waals surface area contributed by atoms with Crippen molar-refractivity contribution in [2.24, 2.45) is 17.8 Å². The van der Waals surface area contributed by atoms with Crippen molar-refractivity contribution in [3.8, 4) is 0 Å². The van der Waals surface area contributed by atoms with Crippen LogP contribution in [-0.4, -0.2) is 114 Å². The highest BCUT2D eigenvalue weighted by atomic mass is 31.3. The van der Waals surface area contributed by atoms with Crippen LogP contribution in [0.5, 0.6) is 0 Å². The van der Waals surface area contributed by atoms with E-state index in [4.69, 9.17) is 29.0 Å². The lowest BCUT2D eigenvalue weighted by atomic mass is 9.83. The Morgan fingerprint density at radius 3 is 2.08 bits per heavy atom. The van der Waals surface area contributed by atoms with Gasteiger partial charge in [0.1, 0.15) is 36.6 Å². The van der Waals surface area contributed by atoms with Gasteiger partial charge in [-0.1, -0.05) is 148 Å². The summed E-state index contributed by atoms with van der Waals surface area (Å²) in [5, 5.41) is 45.7. The maximum absolute atomic E-state index is 14.0. The Kier molecular flexibility index (Phi) is 31.0. The lowest BCUT2D eigenvalue weighted by molar-refractivity contribution is -0.186. The number of unbranched alkanes of at least 4 members (excludes halogenated alkanes) is 14. The van der Waals surface area contributed by atoms with Crippen molar-refractivity contribution >= 4 is 39.2 Å². The summed E-state index contributed by atoms with van der Waals surface area (Å²) in [6.07, 6.45) is 12.9. The first-order valence-corrected chi connectivity index (χ1v) is 29.8. The molecule has 424 valence electrons. The van der Waals surface area contributed by atoms with Crippen molar-refractivity contribution in [3.05, 3.63) is 47.1 Å². The van der Waals surface area contributed by atoms with Gasteiger partial charge in [0.2, 0.25) is 0 Å². The number of aliphatic hydroxyl groups excluding tert-OH is 4. The fraction of sp³-hybridized carbons (Fsp3) is 0.784. The number of rotatable bonds is 24. The number of nitrogens with zero attached hydrogens (tertiary/aromatic N) is 2. The third-order valence-electron chi connectivity index (χ3n) is 13.1. The van der Waals surface area contributed by atoms with Crippen molar-refractivity contribution in [1.82, 2.24) is 9.55 Å². The van der Waals surface area contributed by atoms with Crippen molar-refractivity contribution in [1.29, 1.82) is 0 Å². The third kappa shape index (κ3) is 26.3. The van der Waals surface area contributed by atoms with Crippen LogP contribution < -0.4 is 11.4 Å². The predicted molar refractivity (Wildman–Crippen MR) is 276 cm³/mol. The second-order valence-electron chi connectivity index (χ2n) is 20.0. The SMILES string of the molecule is CCCCC[C@H](O)C=C[C@H]1C(=O)C[C@H](O)[C@@H]2C/C=C\CCCC(=O)OC[C@@H](OC(=O)CCCCCCCCCCCCCCCC(C)C)COP(=O)(O)OP(=O)(O)OC[C@@H](O[C@H]2n2ccc(N)nc2=O)[C@@H](O)[C@H]1O. The number of nitrogens with two attached hydrogens (primary N) is 1. The molecule has 1 aromatic heterocycles. The molecule has 0 amide bonds. The molecule has 2 unspecified atom stereocenters. The molecule has 0 aliphatic carbocycles. The smallest absolute Gasteiger partial charge is 0.462 e. The van der Waals surface area contributed by atoms with Gasteiger partial charge in [0.05, 0.1) is 37.4 Å². The number of allylic oxidation sites excluding steroid dienone is 2. The van der Waals surface area contributed by atoms with E-state index < -0.39 is 120 Å². The summed E-state index contributed by atoms with van der Waals surface area (Å²) >= 11 is 0. The van der Waals surface area contributed by atoms with E-state index in [0.29, 0.717) is 19.3 Å². The first kappa shape index (κ1) is 65.1. The van der Waals surface area contributed by atoms with Gasteiger partial charge in [-0.05, 0) is 44.1 Å². The van der Waals surface area contributed by atoms with Crippen molar-refractivity contribution < 1.29 is 81.3 Å². The molecule has 0 radical (unpaired) electrons. The number of aromatic nitrogens is 2. The van der Waals surface area contributed by atoms with Gasteiger partial charge in [-0.25, -0.2) is 13.9 Å². The Morgan fingerprint density at radius 2 is 1.46 bits per heavy atom. The summed E-state index contributed by atoms with van der Waals surface area (Å²) in [4.78, 5) is 78.2. The lowest BCUT2D eigenvalue weighted by Crippen LogP contribution is -2.51. The Balaban J connectivity index is 1.77. The molecule has 3 rings (SSSR count). The largest absolute Gasteiger partial charge is 0.481 e. The number of aliphatic hydroxyl groups is 4. The fourth-order valence-corrected chi connectivity index (χ4v) is 10.9. The number of hydrogen-bond acceptors (Lipinski definition) is 18. The minimum absolute atomic E-state index is 0.000876. The average molecular weight is 1090 g/mol. The Morgan fingerprint density at radius 1 is 0.851 bits per heavy atom. The van der Waals surface area contributed by atoms with Gasteiger partial charge < -0.3 is 50.2 Å². The number of Topliss-reactive ketones (excluding diaryl/α,β-unsaturated/α-hetero) is 1. The van der Waals surface area contributed by atoms with E-state index in [2.05, 4.69) is 23.1 Å². The zero-order valence-electron chi connectivity index (χ0n) is 43.8. The molecule has 1 saturated heterocycles. The molecular formula is C51H87N3O18P2. The fourth-order valence-electron chi connectivity index (χ4n) is 8.78. The molecule has 0 spiro atoms. The number of esters is 2. The van der Waals surface area contributed by atoms with E-state index in [1.54, 1.807) is 12.2 Å². The number of anilines is 1. The normalized spacial score (nSPS) is 29.4. The molecule has 2 bridgehead atoms. The van der Waals surface area contributed by atoms with E-state index in [1.807, 2.05) is 6.92 Å². The highest BCUT2D eigenvalue weighted by Crippen LogP contribution is 2.60. The second kappa shape index (κ2) is 35.3. The third-order valence-corrected chi connectivity index (χ3v) is 15.7. The van der Waals surface area contributed by atoms with E-state index in [9.17, 15) is 58.5 Å². The van der Waals surface area contributed by atoms with Crippen LogP contribution in [0.1, 0.15) is 181 Å². The van der Waals surface area contributed by atoms with Crippen LogP contribution in [0.25, 0.3) is 0 Å². The summed E-state index contributed by atoms with van der Waals surface area (Å²) in [5.41, 5.74) is 4.75. The van der Waals surface area contributed by atoms with E-state index in [0.717, 1.165) is 61.6 Å². The first-order chi connectivity index (χ1) is 35.2. The summed E-state index contributed by atoms with van der Waals surface area (Å²) in [6, 6.07) is 1.23. The lowest BCUT2D eigenvalue weighted by Gasteiger charge is -2.39. The number of ether oxygens (including phenoxy) is 3. The predicted octanol–water partition coefficient (Wildman–Crippen LogP) is 7.84. The van der Waals surface area contributed by atoms with Gasteiger partial charge >= 0.3 is 33.3 Å². The Hall–Kier alpha value is -3.17.